The molecule has 0 atom stereocenters. The Morgan fingerprint density at radius 3 is 2.62 bits per heavy atom. The zero-order valence-corrected chi connectivity index (χ0v) is 7.66. The van der Waals surface area contributed by atoms with Crippen LogP contribution in [0, 0.1) is 11.6 Å². The second-order valence-electron chi connectivity index (χ2n) is 2.50. The molecule has 0 N–H and O–H groups in total. The summed E-state index contributed by atoms with van der Waals surface area (Å²) in [6.45, 7) is 1.60. The van der Waals surface area contributed by atoms with Crippen molar-refractivity contribution in [2.24, 2.45) is 0 Å². The Bertz CT molecular complexity index is 350. The summed E-state index contributed by atoms with van der Waals surface area (Å²) in [5, 5.41) is -0.626. The lowest BCUT2D eigenvalue weighted by molar-refractivity contribution is 0.0984. The largest absolute Gasteiger partial charge is 0.294 e. The van der Waals surface area contributed by atoms with E-state index in [-0.39, 0.29) is 17.8 Å². The first-order valence-electron chi connectivity index (χ1n) is 3.74. The van der Waals surface area contributed by atoms with E-state index in [1.54, 1.807) is 6.92 Å². The van der Waals surface area contributed by atoms with Crippen molar-refractivity contribution in [3.8, 4) is 0 Å². The van der Waals surface area contributed by atoms with E-state index in [0.29, 0.717) is 0 Å². The van der Waals surface area contributed by atoms with Gasteiger partial charge in [-0.3, -0.25) is 4.79 Å². The maximum Gasteiger partial charge on any atom is 0.165 e. The third-order valence-electron chi connectivity index (χ3n) is 1.66. The molecule has 0 saturated carbocycles. The van der Waals surface area contributed by atoms with Crippen molar-refractivity contribution in [3.63, 3.8) is 0 Å². The van der Waals surface area contributed by atoms with Crippen LogP contribution in [0.1, 0.15) is 23.7 Å². The first-order chi connectivity index (χ1) is 6.07. The highest BCUT2D eigenvalue weighted by atomic mass is 35.5. The minimum absolute atomic E-state index is 0.158. The van der Waals surface area contributed by atoms with E-state index in [1.807, 2.05) is 0 Å². The van der Waals surface area contributed by atoms with Gasteiger partial charge in [0.25, 0.3) is 0 Å². The van der Waals surface area contributed by atoms with Crippen molar-refractivity contribution in [1.82, 2.24) is 0 Å². The van der Waals surface area contributed by atoms with Gasteiger partial charge in [0.05, 0.1) is 5.56 Å². The summed E-state index contributed by atoms with van der Waals surface area (Å²) >= 11 is 5.28. The maximum absolute atomic E-state index is 13.1. The number of rotatable bonds is 2. The number of Topliss-reactive ketones (excluding diaryl/α,β-unsaturated/α-hetero) is 1. The smallest absolute Gasteiger partial charge is 0.165 e. The molecule has 0 amide bonds. The summed E-state index contributed by atoms with van der Waals surface area (Å²) < 4.78 is 25.8. The van der Waals surface area contributed by atoms with E-state index in [4.69, 9.17) is 11.6 Å². The molecule has 0 aliphatic rings. The summed E-state index contributed by atoms with van der Waals surface area (Å²) in [5.41, 5.74) is -0.158. The minimum atomic E-state index is -0.978. The molecule has 0 spiro atoms. The molecule has 1 aromatic rings. The number of ketones is 1. The average Bonchev–Trinajstić information content (AvgIpc) is 2.13. The van der Waals surface area contributed by atoms with Crippen LogP contribution in [0.15, 0.2) is 12.1 Å². The molecule has 1 rings (SSSR count). The van der Waals surface area contributed by atoms with E-state index in [9.17, 15) is 13.6 Å². The van der Waals surface area contributed by atoms with Crippen LogP contribution in [0.4, 0.5) is 8.78 Å². The standard InChI is InChI=1S/C9H7ClF2O/c1-2-7(13)5-3-4-6(11)8(10)9(5)12/h3-4H,2H2,1H3. The number of halogens is 3. The van der Waals surface area contributed by atoms with Gasteiger partial charge in [-0.25, -0.2) is 8.78 Å². The zero-order valence-electron chi connectivity index (χ0n) is 6.90. The van der Waals surface area contributed by atoms with Gasteiger partial charge in [-0.1, -0.05) is 18.5 Å². The first-order valence-corrected chi connectivity index (χ1v) is 4.12. The third-order valence-corrected chi connectivity index (χ3v) is 2.00. The fraction of sp³-hybridized carbons (Fsp3) is 0.222. The number of benzene rings is 1. The van der Waals surface area contributed by atoms with Crippen molar-refractivity contribution in [2.75, 3.05) is 0 Å². The lowest BCUT2D eigenvalue weighted by Crippen LogP contribution is -2.01. The summed E-state index contributed by atoms with van der Waals surface area (Å²) in [7, 11) is 0. The minimum Gasteiger partial charge on any atom is -0.294 e. The predicted molar refractivity (Wildman–Crippen MR) is 46.0 cm³/mol. The SMILES string of the molecule is CCC(=O)c1ccc(F)c(Cl)c1F. The second kappa shape index (κ2) is 3.83. The quantitative estimate of drug-likeness (QED) is 0.534. The molecule has 0 saturated heterocycles. The van der Waals surface area contributed by atoms with Crippen LogP contribution in [-0.2, 0) is 0 Å². The normalized spacial score (nSPS) is 10.2. The molecule has 0 unspecified atom stereocenters. The van der Waals surface area contributed by atoms with Crippen LogP contribution < -0.4 is 0 Å². The number of hydrogen-bond donors (Lipinski definition) is 0. The zero-order chi connectivity index (χ0) is 10.0. The monoisotopic (exact) mass is 204 g/mol. The Morgan fingerprint density at radius 1 is 1.46 bits per heavy atom. The van der Waals surface area contributed by atoms with Crippen molar-refractivity contribution in [3.05, 3.63) is 34.4 Å². The predicted octanol–water partition coefficient (Wildman–Crippen LogP) is 3.21. The Balaban J connectivity index is 3.26. The van der Waals surface area contributed by atoms with Crippen LogP contribution >= 0.6 is 11.6 Å². The molecule has 0 bridgehead atoms. The molecule has 0 aliphatic carbocycles. The van der Waals surface area contributed by atoms with Gasteiger partial charge >= 0.3 is 0 Å². The number of carbonyl (C=O) groups excluding carboxylic acids is 1. The molecule has 0 heterocycles. The van der Waals surface area contributed by atoms with Gasteiger partial charge in [-0.05, 0) is 12.1 Å². The van der Waals surface area contributed by atoms with Crippen LogP contribution in [0.2, 0.25) is 5.02 Å². The van der Waals surface area contributed by atoms with Gasteiger partial charge in [0.15, 0.2) is 11.6 Å². The molecule has 13 heavy (non-hydrogen) atoms. The topological polar surface area (TPSA) is 17.1 Å². The van der Waals surface area contributed by atoms with Crippen molar-refractivity contribution in [2.45, 2.75) is 13.3 Å². The summed E-state index contributed by atoms with van der Waals surface area (Å²) in [5.74, 6) is -2.22. The maximum atomic E-state index is 13.1. The molecule has 1 nitrogen and oxygen atoms in total. The van der Waals surface area contributed by atoms with Crippen molar-refractivity contribution in [1.29, 1.82) is 0 Å². The average molecular weight is 205 g/mol. The number of hydrogen-bond acceptors (Lipinski definition) is 1. The molecule has 4 heteroatoms. The van der Waals surface area contributed by atoms with E-state index < -0.39 is 16.7 Å². The van der Waals surface area contributed by atoms with Gasteiger partial charge in [-0.15, -0.1) is 0 Å². The van der Waals surface area contributed by atoms with Gasteiger partial charge in [0.1, 0.15) is 10.8 Å². The number of carbonyl (C=O) groups is 1. The Labute approximate surface area is 79.3 Å². The molecule has 1 aromatic carbocycles. The van der Waals surface area contributed by atoms with Gasteiger partial charge in [0.2, 0.25) is 0 Å². The molecule has 0 radical (unpaired) electrons. The first kappa shape index (κ1) is 10.1. The van der Waals surface area contributed by atoms with Crippen LogP contribution in [0.3, 0.4) is 0 Å². The van der Waals surface area contributed by atoms with Crippen LogP contribution in [0.25, 0.3) is 0 Å². The molecule has 0 aromatic heterocycles. The van der Waals surface area contributed by atoms with E-state index in [0.717, 1.165) is 12.1 Å². The lowest BCUT2D eigenvalue weighted by atomic mass is 10.1. The molecular formula is C9H7ClF2O. The van der Waals surface area contributed by atoms with Gasteiger partial charge in [0, 0.05) is 6.42 Å². The van der Waals surface area contributed by atoms with Gasteiger partial charge < -0.3 is 0 Å². The molecule has 0 aliphatic heterocycles. The Hall–Kier alpha value is -0.960. The van der Waals surface area contributed by atoms with Crippen molar-refractivity contribution < 1.29 is 13.6 Å². The highest BCUT2D eigenvalue weighted by molar-refractivity contribution is 6.31. The fourth-order valence-corrected chi connectivity index (χ4v) is 1.10. The highest BCUT2D eigenvalue weighted by Gasteiger charge is 2.15. The summed E-state index contributed by atoms with van der Waals surface area (Å²) in [6, 6.07) is 2.08. The summed E-state index contributed by atoms with van der Waals surface area (Å²) in [6.07, 6.45) is 0.166. The third kappa shape index (κ3) is 1.86. The van der Waals surface area contributed by atoms with E-state index >= 15 is 0 Å². The highest BCUT2D eigenvalue weighted by Crippen LogP contribution is 2.22. The van der Waals surface area contributed by atoms with Gasteiger partial charge in [-0.2, -0.15) is 0 Å². The van der Waals surface area contributed by atoms with E-state index in [1.165, 1.54) is 0 Å². The Morgan fingerprint density at radius 2 is 2.08 bits per heavy atom. The molecular weight excluding hydrogens is 198 g/mol. The second-order valence-corrected chi connectivity index (χ2v) is 2.88. The van der Waals surface area contributed by atoms with Crippen LogP contribution in [-0.4, -0.2) is 5.78 Å². The van der Waals surface area contributed by atoms with Crippen LogP contribution in [0.5, 0.6) is 0 Å². The summed E-state index contributed by atoms with van der Waals surface area (Å²) in [4.78, 5) is 11.1. The lowest BCUT2D eigenvalue weighted by Gasteiger charge is -2.02. The van der Waals surface area contributed by atoms with Crippen molar-refractivity contribution >= 4 is 17.4 Å². The Kier molecular flexibility index (Phi) is 2.98. The molecule has 0 fully saturated rings. The fourth-order valence-electron chi connectivity index (χ4n) is 0.932. The van der Waals surface area contributed by atoms with E-state index in [2.05, 4.69) is 0 Å². The molecule has 70 valence electrons.